The zero-order chi connectivity index (χ0) is 50.4. The summed E-state index contributed by atoms with van der Waals surface area (Å²) < 4.78 is 27.2. The van der Waals surface area contributed by atoms with Crippen molar-refractivity contribution in [2.24, 2.45) is 16.2 Å². The summed E-state index contributed by atoms with van der Waals surface area (Å²) in [5.74, 6) is -1.74. The first-order valence-electron chi connectivity index (χ1n) is 23.4. The molecule has 3 aromatic carbocycles. The Labute approximate surface area is 413 Å². The molecule has 0 radical (unpaired) electrons. The Morgan fingerprint density at radius 2 is 1.72 bits per heavy atom. The minimum atomic E-state index is -0.984. The largest absolute Gasteiger partial charge is 0.489 e. The number of benzene rings is 3. The number of anilines is 1. The van der Waals surface area contributed by atoms with Crippen LogP contribution in [0.2, 0.25) is 5.02 Å². The molecule has 4 amide bonds. The molecule has 0 spiro atoms. The number of thiazole rings is 1. The number of β-amino-alcohol motifs (C(OH)–C–C–N with tert-alkyl or cyclic N) is 1. The van der Waals surface area contributed by atoms with Crippen molar-refractivity contribution in [2.75, 3.05) is 31.6 Å². The number of nitrogens with one attached hydrogen (secondary N) is 4. The first-order chi connectivity index (χ1) is 32.5. The lowest BCUT2D eigenvalue weighted by Gasteiger charge is -2.63. The quantitative estimate of drug-likeness (QED) is 0.0570. The summed E-state index contributed by atoms with van der Waals surface area (Å²) in [5.41, 5.74) is 3.84. The van der Waals surface area contributed by atoms with Gasteiger partial charge in [-0.3, -0.25) is 19.2 Å². The van der Waals surface area contributed by atoms with Gasteiger partial charge in [-0.05, 0) is 80.0 Å². The Morgan fingerprint density at radius 1 is 1.01 bits per heavy atom. The van der Waals surface area contributed by atoms with Crippen LogP contribution >= 0.6 is 22.9 Å². The zero-order valence-electron chi connectivity index (χ0n) is 40.9. The maximum Gasteiger partial charge on any atom is 0.251 e. The second-order valence-electron chi connectivity index (χ2n) is 20.4. The Balaban J connectivity index is 0.901. The predicted octanol–water partition coefficient (Wildman–Crippen LogP) is 8.36. The SMILES string of the molecule is Cc1ncsc1-c1ccc(C(C)NC(=O)[C@@H]2C[C@@H](O)CN2C(=O)[C@@H](NC(=O)COCCCCCNc2ccc(C(=O)NC3C(C)(C)C(Oc4ccc(C#N)c(Cl)c4)C3(C)C)cc2F)C(C)(C)C)cc1. The Hall–Kier alpha value is -5.60. The molecule has 1 aliphatic carbocycles. The highest BCUT2D eigenvalue weighted by Gasteiger charge is 2.64. The standard InChI is InChI=1S/C52H65ClFN7O7S/c1-30(32-13-15-33(16-14-32)43-31(2)57-29-69-43)58-46(65)41-24-36(62)27-61(41)47(66)44(50(3,4)5)59-42(63)28-67-22-12-10-11-21-56-40-20-18-34(23-39(40)54)45(64)60-48-51(6,7)49(52(48,8)9)68-37-19-17-35(26-55)38(53)25-37/h13-20,23,25,29-30,36,41,44,48-49,56,62H,10-12,21-22,24,27-28H2,1-9H3,(H,58,65)(H,59,63)(H,60,64)/t30?,36-,41+,44-,48?,49?/m1/s1. The van der Waals surface area contributed by atoms with E-state index in [9.17, 15) is 29.5 Å². The van der Waals surface area contributed by atoms with Gasteiger partial charge in [-0.15, -0.1) is 11.3 Å². The highest BCUT2D eigenvalue weighted by Crippen LogP contribution is 2.55. The highest BCUT2D eigenvalue weighted by atomic mass is 35.5. The third-order valence-corrected chi connectivity index (χ3v) is 14.5. The van der Waals surface area contributed by atoms with Crippen LogP contribution in [-0.2, 0) is 19.1 Å². The van der Waals surface area contributed by atoms with E-state index in [1.807, 2.05) is 98.2 Å². The van der Waals surface area contributed by atoms with E-state index in [4.69, 9.17) is 21.1 Å². The summed E-state index contributed by atoms with van der Waals surface area (Å²) in [6.45, 7) is 17.8. The van der Waals surface area contributed by atoms with Gasteiger partial charge in [0.25, 0.3) is 5.91 Å². The van der Waals surface area contributed by atoms with Gasteiger partial charge in [0.05, 0.1) is 44.5 Å². The molecule has 1 aromatic heterocycles. The summed E-state index contributed by atoms with van der Waals surface area (Å²) in [5, 5.41) is 32.1. The number of nitriles is 1. The normalized spacial score (nSPS) is 20.2. The topological polar surface area (TPSA) is 195 Å². The molecule has 4 aromatic rings. The maximum atomic E-state index is 15.2. The maximum absolute atomic E-state index is 15.2. The van der Waals surface area contributed by atoms with Gasteiger partial charge < -0.3 is 40.7 Å². The zero-order valence-corrected chi connectivity index (χ0v) is 42.4. The van der Waals surface area contributed by atoms with Gasteiger partial charge in [0.15, 0.2) is 0 Å². The Bertz CT molecular complexity index is 2520. The van der Waals surface area contributed by atoms with Crippen LogP contribution in [0.4, 0.5) is 10.1 Å². The summed E-state index contributed by atoms with van der Waals surface area (Å²) >= 11 is 7.79. The van der Waals surface area contributed by atoms with Crippen LogP contribution in [0.15, 0.2) is 66.2 Å². The van der Waals surface area contributed by atoms with Crippen LogP contribution in [0.5, 0.6) is 5.75 Å². The number of hydrogen-bond acceptors (Lipinski definition) is 11. The molecule has 1 saturated heterocycles. The van der Waals surface area contributed by atoms with E-state index in [-0.39, 0.29) is 61.5 Å². The molecular weight excluding hydrogens is 921 g/mol. The Kier molecular flexibility index (Phi) is 16.8. The number of ether oxygens (including phenoxy) is 2. The van der Waals surface area contributed by atoms with Crippen molar-refractivity contribution in [3.05, 3.63) is 99.4 Å². The van der Waals surface area contributed by atoms with E-state index in [1.165, 1.54) is 11.0 Å². The van der Waals surface area contributed by atoms with Crippen LogP contribution in [0.3, 0.4) is 0 Å². The first-order valence-corrected chi connectivity index (χ1v) is 24.7. The number of hydrogen-bond donors (Lipinski definition) is 5. The fraction of sp³-hybridized carbons (Fsp3) is 0.500. The second kappa shape index (κ2) is 22.0. The highest BCUT2D eigenvalue weighted by molar-refractivity contribution is 7.13. The summed E-state index contributed by atoms with van der Waals surface area (Å²) in [6.07, 6.45) is 0.957. The molecule has 370 valence electrons. The molecule has 6 rings (SSSR count). The second-order valence-corrected chi connectivity index (χ2v) is 21.7. The smallest absolute Gasteiger partial charge is 0.251 e. The van der Waals surface area contributed by atoms with E-state index in [1.54, 1.807) is 41.7 Å². The number of aromatic nitrogens is 1. The fourth-order valence-electron chi connectivity index (χ4n) is 9.72. The summed E-state index contributed by atoms with van der Waals surface area (Å²) in [6, 6.07) is 16.7. The number of aliphatic hydroxyl groups excluding tert-OH is 1. The molecule has 1 saturated carbocycles. The van der Waals surface area contributed by atoms with Gasteiger partial charge in [0.2, 0.25) is 17.7 Å². The number of aliphatic hydroxyl groups is 1. The van der Waals surface area contributed by atoms with Crippen molar-refractivity contribution in [1.82, 2.24) is 25.8 Å². The fourth-order valence-corrected chi connectivity index (χ4v) is 10.7. The van der Waals surface area contributed by atoms with Crippen molar-refractivity contribution in [3.8, 4) is 22.3 Å². The molecular formula is C52H65ClFN7O7S. The summed E-state index contributed by atoms with van der Waals surface area (Å²) in [4.78, 5) is 60.9. The van der Waals surface area contributed by atoms with Gasteiger partial charge in [-0.1, -0.05) is 84.3 Å². The minimum absolute atomic E-state index is 0.0347. The predicted molar refractivity (Wildman–Crippen MR) is 265 cm³/mol. The number of nitrogens with zero attached hydrogens (tertiary/aromatic N) is 3. The number of aryl methyl sites for hydroxylation is 1. The molecule has 1 aliphatic heterocycles. The average molecular weight is 987 g/mol. The van der Waals surface area contributed by atoms with Gasteiger partial charge in [-0.2, -0.15) is 5.26 Å². The third kappa shape index (κ3) is 12.4. The number of amides is 4. The van der Waals surface area contributed by atoms with E-state index in [0.717, 1.165) is 28.1 Å². The number of likely N-dealkylation sites (tertiary alicyclic amines) is 1. The molecule has 2 heterocycles. The van der Waals surface area contributed by atoms with Crippen LogP contribution < -0.4 is 26.0 Å². The molecule has 2 fully saturated rings. The average Bonchev–Trinajstić information content (AvgIpc) is 3.92. The third-order valence-electron chi connectivity index (χ3n) is 13.2. The molecule has 2 aliphatic rings. The lowest BCUT2D eigenvalue weighted by Crippen LogP contribution is -2.74. The lowest BCUT2D eigenvalue weighted by atomic mass is 9.49. The van der Waals surface area contributed by atoms with E-state index in [0.29, 0.717) is 35.7 Å². The number of rotatable bonds is 19. The van der Waals surface area contributed by atoms with Crippen molar-refractivity contribution < 1.29 is 38.1 Å². The number of carbonyl (C=O) groups is 4. The molecule has 1 unspecified atom stereocenters. The van der Waals surface area contributed by atoms with Crippen molar-refractivity contribution in [2.45, 2.75) is 124 Å². The van der Waals surface area contributed by atoms with Crippen LogP contribution in [-0.4, -0.2) is 95.3 Å². The van der Waals surface area contributed by atoms with E-state index < -0.39 is 58.0 Å². The van der Waals surface area contributed by atoms with Gasteiger partial charge in [-0.25, -0.2) is 9.37 Å². The first kappa shape index (κ1) is 52.8. The molecule has 4 atom stereocenters. The van der Waals surface area contributed by atoms with E-state index in [2.05, 4.69) is 26.3 Å². The van der Waals surface area contributed by atoms with Crippen molar-refractivity contribution in [1.29, 1.82) is 5.26 Å². The van der Waals surface area contributed by atoms with E-state index >= 15 is 4.39 Å². The molecule has 0 bridgehead atoms. The summed E-state index contributed by atoms with van der Waals surface area (Å²) in [7, 11) is 0. The molecule has 17 heteroatoms. The van der Waals surface area contributed by atoms with Crippen LogP contribution in [0.1, 0.15) is 114 Å². The number of carbonyl (C=O) groups excluding carboxylic acids is 4. The van der Waals surface area contributed by atoms with Crippen LogP contribution in [0.25, 0.3) is 10.4 Å². The molecule has 14 nitrogen and oxygen atoms in total. The molecule has 5 N–H and O–H groups in total. The van der Waals surface area contributed by atoms with Gasteiger partial charge in [0, 0.05) is 54.6 Å². The number of halogens is 2. The minimum Gasteiger partial charge on any atom is -0.489 e. The van der Waals surface area contributed by atoms with Crippen molar-refractivity contribution in [3.63, 3.8) is 0 Å². The van der Waals surface area contributed by atoms with Crippen molar-refractivity contribution >= 4 is 52.3 Å². The van der Waals surface area contributed by atoms with Crippen LogP contribution in [0, 0.1) is 40.3 Å². The monoisotopic (exact) mass is 985 g/mol. The Morgan fingerprint density at radius 3 is 2.35 bits per heavy atom. The molecule has 69 heavy (non-hydrogen) atoms. The van der Waals surface area contributed by atoms with Gasteiger partial charge >= 0.3 is 0 Å². The number of unbranched alkanes of at least 4 members (excludes halogenated alkanes) is 2. The van der Waals surface area contributed by atoms with Gasteiger partial charge in [0.1, 0.15) is 42.4 Å². The lowest BCUT2D eigenvalue weighted by molar-refractivity contribution is -0.164.